The van der Waals surface area contributed by atoms with E-state index in [0.29, 0.717) is 12.3 Å². The molecule has 0 unspecified atom stereocenters. The van der Waals surface area contributed by atoms with E-state index in [-0.39, 0.29) is 17.1 Å². The third-order valence-electron chi connectivity index (χ3n) is 3.71. The number of hydrogen-bond acceptors (Lipinski definition) is 2. The van der Waals surface area contributed by atoms with E-state index in [9.17, 15) is 9.90 Å². The molecule has 0 aliphatic heterocycles. The Labute approximate surface area is 85.0 Å². The van der Waals surface area contributed by atoms with Gasteiger partial charge in [-0.15, -0.1) is 0 Å². The van der Waals surface area contributed by atoms with Gasteiger partial charge >= 0.3 is 0 Å². The highest BCUT2D eigenvalue weighted by molar-refractivity contribution is 5.87. The minimum absolute atomic E-state index is 0.0257. The van der Waals surface area contributed by atoms with Crippen molar-refractivity contribution < 1.29 is 9.90 Å². The van der Waals surface area contributed by atoms with Gasteiger partial charge < -0.3 is 5.11 Å². The Kier molecular flexibility index (Phi) is 2.26. The van der Waals surface area contributed by atoms with E-state index in [0.717, 1.165) is 12.8 Å². The van der Waals surface area contributed by atoms with Gasteiger partial charge in [0.2, 0.25) is 0 Å². The standard InChI is InChI=1S/C12H18O2/c1-12(2)7-3-4-8-5-6-9(13)11(14)10(8)12/h3-4,8-10,13H,5-7H2,1-2H3/t8-,9+,10-/m1/s1. The molecular weight excluding hydrogens is 176 g/mol. The molecule has 0 amide bonds. The Hall–Kier alpha value is -0.630. The lowest BCUT2D eigenvalue weighted by molar-refractivity contribution is -0.141. The molecule has 2 heteroatoms. The van der Waals surface area contributed by atoms with E-state index in [4.69, 9.17) is 0 Å². The average Bonchev–Trinajstić information content (AvgIpc) is 2.10. The zero-order valence-corrected chi connectivity index (χ0v) is 8.86. The molecule has 0 aromatic rings. The molecule has 0 aromatic carbocycles. The summed E-state index contributed by atoms with van der Waals surface area (Å²) in [6, 6.07) is 0. The maximum atomic E-state index is 11.9. The van der Waals surface area contributed by atoms with Crippen LogP contribution in [-0.4, -0.2) is 17.0 Å². The predicted octanol–water partition coefficient (Wildman–Crippen LogP) is 1.93. The first-order chi connectivity index (χ1) is 6.52. The Balaban J connectivity index is 2.31. The number of fused-ring (bicyclic) bond motifs is 1. The smallest absolute Gasteiger partial charge is 0.165 e. The third kappa shape index (κ3) is 1.42. The molecule has 78 valence electrons. The van der Waals surface area contributed by atoms with Crippen LogP contribution in [0.4, 0.5) is 0 Å². The molecule has 1 N–H and O–H groups in total. The van der Waals surface area contributed by atoms with Crippen molar-refractivity contribution >= 4 is 5.78 Å². The molecular formula is C12H18O2. The number of rotatable bonds is 0. The molecule has 1 fully saturated rings. The first-order valence-electron chi connectivity index (χ1n) is 5.41. The van der Waals surface area contributed by atoms with Gasteiger partial charge in [-0.3, -0.25) is 4.79 Å². The van der Waals surface area contributed by atoms with Crippen LogP contribution in [0.5, 0.6) is 0 Å². The van der Waals surface area contributed by atoms with Crippen LogP contribution in [0.15, 0.2) is 12.2 Å². The lowest BCUT2D eigenvalue weighted by Crippen LogP contribution is -2.46. The van der Waals surface area contributed by atoms with Crippen molar-refractivity contribution in [1.82, 2.24) is 0 Å². The summed E-state index contributed by atoms with van der Waals surface area (Å²) in [5.74, 6) is 0.474. The molecule has 0 heterocycles. The fraction of sp³-hybridized carbons (Fsp3) is 0.750. The van der Waals surface area contributed by atoms with E-state index in [2.05, 4.69) is 26.0 Å². The molecule has 0 bridgehead atoms. The maximum Gasteiger partial charge on any atom is 0.165 e. The SMILES string of the molecule is CC1(C)CC=C[C@@H]2CC[C@H](O)C(=O)[C@@H]21. The summed E-state index contributed by atoms with van der Waals surface area (Å²) in [6.07, 6.45) is 6.19. The molecule has 2 nitrogen and oxygen atoms in total. The van der Waals surface area contributed by atoms with Crippen LogP contribution in [0, 0.1) is 17.3 Å². The van der Waals surface area contributed by atoms with Crippen LogP contribution in [0.3, 0.4) is 0 Å². The summed E-state index contributed by atoms with van der Waals surface area (Å²) in [4.78, 5) is 11.9. The van der Waals surface area contributed by atoms with Gasteiger partial charge in [0, 0.05) is 5.92 Å². The molecule has 0 saturated heterocycles. The van der Waals surface area contributed by atoms with Gasteiger partial charge in [0.25, 0.3) is 0 Å². The number of allylic oxidation sites excluding steroid dienone is 2. The second-order valence-electron chi connectivity index (χ2n) is 5.26. The number of hydrogen-bond donors (Lipinski definition) is 1. The number of aliphatic hydroxyl groups is 1. The summed E-state index contributed by atoms with van der Waals surface area (Å²) in [6.45, 7) is 4.26. The Bertz CT molecular complexity index is 278. The van der Waals surface area contributed by atoms with E-state index in [1.54, 1.807) is 0 Å². The Morgan fingerprint density at radius 2 is 2.14 bits per heavy atom. The molecule has 3 atom stereocenters. The van der Waals surface area contributed by atoms with Gasteiger partial charge in [-0.05, 0) is 30.6 Å². The monoisotopic (exact) mass is 194 g/mol. The van der Waals surface area contributed by atoms with Crippen LogP contribution < -0.4 is 0 Å². The molecule has 2 aliphatic rings. The summed E-state index contributed by atoms with van der Waals surface area (Å²) >= 11 is 0. The van der Waals surface area contributed by atoms with Gasteiger partial charge in [-0.2, -0.15) is 0 Å². The Morgan fingerprint density at radius 3 is 2.86 bits per heavy atom. The van der Waals surface area contributed by atoms with Crippen molar-refractivity contribution in [1.29, 1.82) is 0 Å². The van der Waals surface area contributed by atoms with Crippen LogP contribution in [0.25, 0.3) is 0 Å². The molecule has 2 rings (SSSR count). The van der Waals surface area contributed by atoms with E-state index in [1.165, 1.54) is 0 Å². The predicted molar refractivity (Wildman–Crippen MR) is 54.8 cm³/mol. The Morgan fingerprint density at radius 1 is 1.43 bits per heavy atom. The first-order valence-corrected chi connectivity index (χ1v) is 5.41. The van der Waals surface area contributed by atoms with Crippen molar-refractivity contribution in [3.63, 3.8) is 0 Å². The number of carbonyl (C=O) groups excluding carboxylic acids is 1. The fourth-order valence-electron chi connectivity index (χ4n) is 2.92. The quantitative estimate of drug-likeness (QED) is 0.598. The molecule has 14 heavy (non-hydrogen) atoms. The van der Waals surface area contributed by atoms with Crippen molar-refractivity contribution in [2.24, 2.45) is 17.3 Å². The second-order valence-corrected chi connectivity index (χ2v) is 5.26. The van der Waals surface area contributed by atoms with Crippen molar-refractivity contribution in [3.8, 4) is 0 Å². The van der Waals surface area contributed by atoms with E-state index in [1.807, 2.05) is 0 Å². The second kappa shape index (κ2) is 3.20. The van der Waals surface area contributed by atoms with Crippen LogP contribution in [0.2, 0.25) is 0 Å². The lowest BCUT2D eigenvalue weighted by Gasteiger charge is -2.43. The highest BCUT2D eigenvalue weighted by Gasteiger charge is 2.45. The summed E-state index contributed by atoms with van der Waals surface area (Å²) in [5, 5.41) is 9.58. The summed E-state index contributed by atoms with van der Waals surface area (Å²) in [7, 11) is 0. The summed E-state index contributed by atoms with van der Waals surface area (Å²) in [5.41, 5.74) is 0.0257. The highest BCUT2D eigenvalue weighted by atomic mass is 16.3. The van der Waals surface area contributed by atoms with Crippen molar-refractivity contribution in [2.75, 3.05) is 0 Å². The highest BCUT2D eigenvalue weighted by Crippen LogP contribution is 2.45. The van der Waals surface area contributed by atoms with Crippen LogP contribution >= 0.6 is 0 Å². The minimum Gasteiger partial charge on any atom is -0.385 e. The molecule has 1 saturated carbocycles. The van der Waals surface area contributed by atoms with E-state index >= 15 is 0 Å². The molecule has 0 aromatic heterocycles. The van der Waals surface area contributed by atoms with Crippen LogP contribution in [0.1, 0.15) is 33.1 Å². The number of carbonyl (C=O) groups is 1. The van der Waals surface area contributed by atoms with Crippen molar-refractivity contribution in [2.45, 2.75) is 39.2 Å². The lowest BCUT2D eigenvalue weighted by atomic mass is 9.60. The molecule has 0 radical (unpaired) electrons. The third-order valence-corrected chi connectivity index (χ3v) is 3.71. The van der Waals surface area contributed by atoms with Crippen molar-refractivity contribution in [3.05, 3.63) is 12.2 Å². The number of aliphatic hydroxyl groups excluding tert-OH is 1. The maximum absolute atomic E-state index is 11.9. The molecule has 0 spiro atoms. The normalized spacial score (nSPS) is 40.8. The minimum atomic E-state index is -0.706. The number of ketones is 1. The van der Waals surface area contributed by atoms with Gasteiger partial charge in [0.05, 0.1) is 0 Å². The first kappa shape index (κ1) is 9.91. The topological polar surface area (TPSA) is 37.3 Å². The van der Waals surface area contributed by atoms with E-state index < -0.39 is 6.10 Å². The zero-order chi connectivity index (χ0) is 10.3. The van der Waals surface area contributed by atoms with Gasteiger partial charge in [-0.25, -0.2) is 0 Å². The zero-order valence-electron chi connectivity index (χ0n) is 8.86. The average molecular weight is 194 g/mol. The largest absolute Gasteiger partial charge is 0.385 e. The van der Waals surface area contributed by atoms with Crippen LogP contribution in [-0.2, 0) is 4.79 Å². The number of Topliss-reactive ketones (excluding diaryl/α,β-unsaturated/α-hetero) is 1. The molecule has 2 aliphatic carbocycles. The fourth-order valence-corrected chi connectivity index (χ4v) is 2.92. The summed E-state index contributed by atoms with van der Waals surface area (Å²) < 4.78 is 0. The van der Waals surface area contributed by atoms with Gasteiger partial charge in [0.1, 0.15) is 6.10 Å². The van der Waals surface area contributed by atoms with Gasteiger partial charge in [-0.1, -0.05) is 26.0 Å². The van der Waals surface area contributed by atoms with Gasteiger partial charge in [0.15, 0.2) is 5.78 Å².